The molecule has 1 heterocycles. The zero-order valence-electron chi connectivity index (χ0n) is 16.2. The Hall–Kier alpha value is -3.38. The van der Waals surface area contributed by atoms with Gasteiger partial charge in [0.05, 0.1) is 11.4 Å². The van der Waals surface area contributed by atoms with Crippen molar-refractivity contribution >= 4 is 21.8 Å². The Morgan fingerprint density at radius 1 is 0.933 bits per heavy atom. The molecule has 0 saturated carbocycles. The smallest absolute Gasteiger partial charge is 0.258 e. The van der Waals surface area contributed by atoms with Crippen molar-refractivity contribution in [2.24, 2.45) is 0 Å². The molecular formula is C24H20BrN3O2. The molecule has 4 aromatic rings. The van der Waals surface area contributed by atoms with Crippen LogP contribution in [-0.4, -0.2) is 22.3 Å². The van der Waals surface area contributed by atoms with Crippen molar-refractivity contribution in [3.63, 3.8) is 0 Å². The van der Waals surface area contributed by atoms with E-state index in [0.29, 0.717) is 12.3 Å². The quantitative estimate of drug-likeness (QED) is 0.421. The van der Waals surface area contributed by atoms with Gasteiger partial charge < -0.3 is 10.1 Å². The zero-order chi connectivity index (χ0) is 20.8. The van der Waals surface area contributed by atoms with Crippen molar-refractivity contribution in [1.29, 1.82) is 0 Å². The van der Waals surface area contributed by atoms with Crippen molar-refractivity contribution in [2.45, 2.75) is 6.54 Å². The first-order valence-electron chi connectivity index (χ1n) is 9.53. The van der Waals surface area contributed by atoms with Crippen molar-refractivity contribution in [2.75, 3.05) is 6.61 Å². The van der Waals surface area contributed by atoms with E-state index in [1.54, 1.807) is 0 Å². The molecule has 0 fully saturated rings. The Labute approximate surface area is 183 Å². The van der Waals surface area contributed by atoms with E-state index < -0.39 is 0 Å². The summed E-state index contributed by atoms with van der Waals surface area (Å²) >= 11 is 3.38. The summed E-state index contributed by atoms with van der Waals surface area (Å²) in [6, 6.07) is 27.2. The third kappa shape index (κ3) is 4.96. The molecule has 1 aromatic heterocycles. The first-order valence-corrected chi connectivity index (χ1v) is 10.3. The molecule has 5 nitrogen and oxygen atoms in total. The molecule has 0 radical (unpaired) electrons. The normalized spacial score (nSPS) is 10.6. The maximum atomic E-state index is 12.3. The van der Waals surface area contributed by atoms with Crippen LogP contribution in [0, 0.1) is 0 Å². The topological polar surface area (TPSA) is 56.1 Å². The number of ether oxygens (including phenoxy) is 1. The molecule has 3 aromatic carbocycles. The minimum absolute atomic E-state index is 0.0465. The van der Waals surface area contributed by atoms with Crippen LogP contribution < -0.4 is 10.1 Å². The number of hydrogen-bond acceptors (Lipinski definition) is 3. The molecule has 0 spiro atoms. The summed E-state index contributed by atoms with van der Waals surface area (Å²) in [6.07, 6.45) is 1.95. The summed E-state index contributed by atoms with van der Waals surface area (Å²) in [7, 11) is 0. The van der Waals surface area contributed by atoms with Gasteiger partial charge in [-0.05, 0) is 36.4 Å². The van der Waals surface area contributed by atoms with Crippen LogP contribution in [0.5, 0.6) is 5.75 Å². The Balaban J connectivity index is 1.47. The van der Waals surface area contributed by atoms with Gasteiger partial charge in [0.25, 0.3) is 5.91 Å². The van der Waals surface area contributed by atoms with E-state index in [1.165, 1.54) is 0 Å². The third-order valence-electron chi connectivity index (χ3n) is 4.52. The number of amides is 1. The van der Waals surface area contributed by atoms with Crippen LogP contribution in [0.2, 0.25) is 0 Å². The molecule has 0 bridgehead atoms. The van der Waals surface area contributed by atoms with Crippen molar-refractivity contribution in [1.82, 2.24) is 15.1 Å². The second kappa shape index (κ2) is 9.41. The molecule has 4 rings (SSSR count). The highest BCUT2D eigenvalue weighted by atomic mass is 79.9. The Kier molecular flexibility index (Phi) is 6.25. The number of hydrogen-bond donors (Lipinski definition) is 1. The minimum Gasteiger partial charge on any atom is -0.484 e. The average Bonchev–Trinajstić information content (AvgIpc) is 3.23. The van der Waals surface area contributed by atoms with Crippen LogP contribution in [0.1, 0.15) is 5.56 Å². The standard InChI is InChI=1S/C24H20BrN3O2/c25-20-11-13-22(14-12-20)30-17-23(29)26-15-19-16-28(21-9-5-2-6-10-21)27-24(19)18-7-3-1-4-8-18/h1-14,16H,15,17H2,(H,26,29). The number of aromatic nitrogens is 2. The summed E-state index contributed by atoms with van der Waals surface area (Å²) in [6.45, 7) is 0.314. The van der Waals surface area contributed by atoms with Gasteiger partial charge in [-0.3, -0.25) is 4.79 Å². The van der Waals surface area contributed by atoms with Gasteiger partial charge >= 0.3 is 0 Å². The van der Waals surface area contributed by atoms with Crippen LogP contribution >= 0.6 is 15.9 Å². The van der Waals surface area contributed by atoms with Gasteiger partial charge in [-0.15, -0.1) is 0 Å². The summed E-state index contributed by atoms with van der Waals surface area (Å²) in [5, 5.41) is 7.69. The van der Waals surface area contributed by atoms with Gasteiger partial charge in [0.1, 0.15) is 5.75 Å². The number of rotatable bonds is 7. The average molecular weight is 462 g/mol. The SMILES string of the molecule is O=C(COc1ccc(Br)cc1)NCc1cn(-c2ccccc2)nc1-c1ccccc1. The predicted octanol–water partition coefficient (Wildman–Crippen LogP) is 5.00. The first-order chi connectivity index (χ1) is 14.7. The van der Waals surface area contributed by atoms with Crippen LogP contribution in [-0.2, 0) is 11.3 Å². The second-order valence-corrected chi connectivity index (χ2v) is 7.58. The molecule has 6 heteroatoms. The van der Waals surface area contributed by atoms with E-state index in [4.69, 9.17) is 9.84 Å². The molecule has 0 saturated heterocycles. The lowest BCUT2D eigenvalue weighted by Crippen LogP contribution is -2.28. The fraction of sp³-hybridized carbons (Fsp3) is 0.0833. The third-order valence-corrected chi connectivity index (χ3v) is 5.05. The van der Waals surface area contributed by atoms with Crippen LogP contribution in [0.15, 0.2) is 95.6 Å². The Morgan fingerprint density at radius 3 is 2.30 bits per heavy atom. The summed E-state index contributed by atoms with van der Waals surface area (Å²) in [4.78, 5) is 12.3. The number of halogens is 1. The van der Waals surface area contributed by atoms with Gasteiger partial charge in [0, 0.05) is 28.3 Å². The van der Waals surface area contributed by atoms with E-state index in [2.05, 4.69) is 21.2 Å². The Morgan fingerprint density at radius 2 is 1.60 bits per heavy atom. The fourth-order valence-electron chi connectivity index (χ4n) is 3.02. The molecule has 0 aliphatic heterocycles. The van der Waals surface area contributed by atoms with E-state index in [-0.39, 0.29) is 12.5 Å². The number of benzene rings is 3. The maximum Gasteiger partial charge on any atom is 0.258 e. The highest BCUT2D eigenvalue weighted by molar-refractivity contribution is 9.10. The lowest BCUT2D eigenvalue weighted by atomic mass is 10.1. The van der Waals surface area contributed by atoms with Crippen molar-refractivity contribution in [3.05, 3.63) is 101 Å². The molecule has 0 aliphatic rings. The van der Waals surface area contributed by atoms with Crippen LogP contribution in [0.25, 0.3) is 16.9 Å². The number of carbonyl (C=O) groups is 1. The van der Waals surface area contributed by atoms with E-state index in [0.717, 1.165) is 27.0 Å². The van der Waals surface area contributed by atoms with Gasteiger partial charge in [-0.1, -0.05) is 64.5 Å². The summed E-state index contributed by atoms with van der Waals surface area (Å²) in [5.74, 6) is 0.458. The Bertz CT molecular complexity index is 1110. The van der Waals surface area contributed by atoms with E-state index in [9.17, 15) is 4.79 Å². The number of para-hydroxylation sites is 1. The van der Waals surface area contributed by atoms with Gasteiger partial charge in [-0.2, -0.15) is 5.10 Å². The lowest BCUT2D eigenvalue weighted by molar-refractivity contribution is -0.123. The van der Waals surface area contributed by atoms with E-state index >= 15 is 0 Å². The predicted molar refractivity (Wildman–Crippen MR) is 120 cm³/mol. The molecule has 1 amide bonds. The van der Waals surface area contributed by atoms with Gasteiger partial charge in [0.2, 0.25) is 0 Å². The van der Waals surface area contributed by atoms with Crippen molar-refractivity contribution in [3.8, 4) is 22.7 Å². The second-order valence-electron chi connectivity index (χ2n) is 6.67. The molecular weight excluding hydrogens is 442 g/mol. The molecule has 0 aliphatic carbocycles. The highest BCUT2D eigenvalue weighted by Gasteiger charge is 2.13. The molecule has 30 heavy (non-hydrogen) atoms. The molecule has 1 N–H and O–H groups in total. The molecule has 0 unspecified atom stereocenters. The molecule has 0 atom stereocenters. The van der Waals surface area contributed by atoms with Crippen molar-refractivity contribution < 1.29 is 9.53 Å². The maximum absolute atomic E-state index is 12.3. The fourth-order valence-corrected chi connectivity index (χ4v) is 3.28. The minimum atomic E-state index is -0.190. The largest absolute Gasteiger partial charge is 0.484 e. The molecule has 150 valence electrons. The zero-order valence-corrected chi connectivity index (χ0v) is 17.7. The van der Waals surface area contributed by atoms with Crippen LogP contribution in [0.4, 0.5) is 0 Å². The highest BCUT2D eigenvalue weighted by Crippen LogP contribution is 2.23. The summed E-state index contributed by atoms with van der Waals surface area (Å²) < 4.78 is 8.34. The van der Waals surface area contributed by atoms with Gasteiger partial charge in [-0.25, -0.2) is 4.68 Å². The van der Waals surface area contributed by atoms with Crippen LogP contribution in [0.3, 0.4) is 0 Å². The number of carbonyl (C=O) groups excluding carboxylic acids is 1. The lowest BCUT2D eigenvalue weighted by Gasteiger charge is -2.08. The number of nitrogens with zero attached hydrogens (tertiary/aromatic N) is 2. The van der Waals surface area contributed by atoms with E-state index in [1.807, 2.05) is 95.8 Å². The van der Waals surface area contributed by atoms with Gasteiger partial charge in [0.15, 0.2) is 6.61 Å². The first kappa shape index (κ1) is 19.9. The monoisotopic (exact) mass is 461 g/mol. The summed E-state index contributed by atoms with van der Waals surface area (Å²) in [5.41, 5.74) is 3.74. The number of nitrogens with one attached hydrogen (secondary N) is 1.